The van der Waals surface area contributed by atoms with Crippen LogP contribution in [0.4, 0.5) is 17.2 Å². The number of nitrogens with one attached hydrogen (secondary N) is 2. The van der Waals surface area contributed by atoms with Gasteiger partial charge in [0.2, 0.25) is 0 Å². The van der Waals surface area contributed by atoms with Crippen molar-refractivity contribution < 1.29 is 0 Å². The minimum atomic E-state index is 0.354. The van der Waals surface area contributed by atoms with E-state index >= 15 is 0 Å². The van der Waals surface area contributed by atoms with Crippen LogP contribution in [0.1, 0.15) is 13.8 Å². The maximum absolute atomic E-state index is 6.10. The van der Waals surface area contributed by atoms with Gasteiger partial charge >= 0.3 is 0 Å². The van der Waals surface area contributed by atoms with Gasteiger partial charge in [0.1, 0.15) is 23.6 Å². The van der Waals surface area contributed by atoms with E-state index < -0.39 is 0 Å². The molecule has 158 valence electrons. The van der Waals surface area contributed by atoms with Crippen LogP contribution in [0.5, 0.6) is 0 Å². The molecule has 0 bridgehead atoms. The summed E-state index contributed by atoms with van der Waals surface area (Å²) in [5.41, 5.74) is 4.60. The summed E-state index contributed by atoms with van der Waals surface area (Å²) >= 11 is 6.10. The second kappa shape index (κ2) is 8.78. The van der Waals surface area contributed by atoms with Crippen LogP contribution in [0.3, 0.4) is 0 Å². The highest BCUT2D eigenvalue weighted by atomic mass is 35.5. The number of anilines is 2. The monoisotopic (exact) mass is 432 g/mol. The number of hydrogen-bond acceptors (Lipinski definition) is 4. The van der Waals surface area contributed by atoms with Gasteiger partial charge in [0.15, 0.2) is 0 Å². The van der Waals surface area contributed by atoms with Gasteiger partial charge in [-0.25, -0.2) is 15.0 Å². The lowest BCUT2D eigenvalue weighted by atomic mass is 10.1. The van der Waals surface area contributed by atoms with Gasteiger partial charge < -0.3 is 15.2 Å². The summed E-state index contributed by atoms with van der Waals surface area (Å²) < 4.78 is 0. The molecule has 0 aliphatic carbocycles. The minimum absolute atomic E-state index is 0.354. The molecule has 31 heavy (non-hydrogen) atoms. The van der Waals surface area contributed by atoms with Crippen LogP contribution in [0.15, 0.2) is 65.9 Å². The molecule has 2 aromatic carbocycles. The predicted molar refractivity (Wildman–Crippen MR) is 130 cm³/mol. The Bertz CT molecular complexity index is 1210. The molecule has 0 atom stereocenters. The maximum atomic E-state index is 6.10. The van der Waals surface area contributed by atoms with Crippen molar-refractivity contribution in [1.82, 2.24) is 19.9 Å². The Balaban J connectivity index is 1.64. The van der Waals surface area contributed by atoms with E-state index in [0.29, 0.717) is 10.9 Å². The van der Waals surface area contributed by atoms with Crippen LogP contribution in [0.2, 0.25) is 5.02 Å². The van der Waals surface area contributed by atoms with E-state index in [0.717, 1.165) is 45.3 Å². The molecule has 2 N–H and O–H groups in total. The first-order valence-corrected chi connectivity index (χ1v) is 10.5. The zero-order chi connectivity index (χ0) is 22.0. The van der Waals surface area contributed by atoms with Crippen molar-refractivity contribution in [3.8, 4) is 11.3 Å². The minimum Gasteiger partial charge on any atom is -0.366 e. The van der Waals surface area contributed by atoms with Crippen molar-refractivity contribution in [2.45, 2.75) is 13.8 Å². The fourth-order valence-corrected chi connectivity index (χ4v) is 3.68. The summed E-state index contributed by atoms with van der Waals surface area (Å²) in [7, 11) is 4.04. The Hall–Kier alpha value is -3.38. The molecule has 4 aromatic rings. The van der Waals surface area contributed by atoms with Gasteiger partial charge in [-0.05, 0) is 42.0 Å². The van der Waals surface area contributed by atoms with Gasteiger partial charge in [0.05, 0.1) is 11.1 Å². The first-order chi connectivity index (χ1) is 14.9. The summed E-state index contributed by atoms with van der Waals surface area (Å²) in [5.74, 6) is 2.13. The highest BCUT2D eigenvalue weighted by Gasteiger charge is 2.11. The SMILES string of the molecule is CC(C)/C(=N\c1ccc(-c2cc3c(Nc4cccc(Cl)c4)ncnc3[nH]2)cc1)N(C)C. The van der Waals surface area contributed by atoms with Gasteiger partial charge in [0.25, 0.3) is 0 Å². The third kappa shape index (κ3) is 4.70. The van der Waals surface area contributed by atoms with Crippen LogP contribution in [-0.4, -0.2) is 39.8 Å². The predicted octanol–water partition coefficient (Wildman–Crippen LogP) is 6.27. The average Bonchev–Trinajstić information content (AvgIpc) is 3.17. The molecule has 0 saturated carbocycles. The van der Waals surface area contributed by atoms with Crippen LogP contribution in [-0.2, 0) is 0 Å². The van der Waals surface area contributed by atoms with E-state index in [1.54, 1.807) is 6.33 Å². The molecule has 0 aliphatic rings. The molecule has 0 fully saturated rings. The Morgan fingerprint density at radius 3 is 2.52 bits per heavy atom. The lowest BCUT2D eigenvalue weighted by Crippen LogP contribution is -2.26. The fraction of sp³-hybridized carbons (Fsp3) is 0.208. The van der Waals surface area contributed by atoms with Crippen molar-refractivity contribution in [3.05, 3.63) is 65.9 Å². The number of benzene rings is 2. The number of aromatic nitrogens is 3. The third-order valence-electron chi connectivity index (χ3n) is 4.91. The largest absolute Gasteiger partial charge is 0.366 e. The van der Waals surface area contributed by atoms with Crippen molar-refractivity contribution in [2.24, 2.45) is 10.9 Å². The van der Waals surface area contributed by atoms with Crippen molar-refractivity contribution >= 4 is 45.7 Å². The lowest BCUT2D eigenvalue weighted by Gasteiger charge is -2.19. The van der Waals surface area contributed by atoms with Crippen LogP contribution >= 0.6 is 11.6 Å². The number of halogens is 1. The number of nitrogens with zero attached hydrogens (tertiary/aromatic N) is 4. The van der Waals surface area contributed by atoms with Crippen molar-refractivity contribution in [3.63, 3.8) is 0 Å². The van der Waals surface area contributed by atoms with E-state index in [1.165, 1.54) is 0 Å². The van der Waals surface area contributed by atoms with Gasteiger partial charge in [-0.3, -0.25) is 0 Å². The smallest absolute Gasteiger partial charge is 0.143 e. The van der Waals surface area contributed by atoms with E-state index in [1.807, 2.05) is 50.5 Å². The normalized spacial score (nSPS) is 11.9. The first kappa shape index (κ1) is 20.9. The Morgan fingerprint density at radius 2 is 1.84 bits per heavy atom. The van der Waals surface area contributed by atoms with Crippen molar-refractivity contribution in [1.29, 1.82) is 0 Å². The van der Waals surface area contributed by atoms with Gasteiger partial charge in [0, 0.05) is 36.4 Å². The van der Waals surface area contributed by atoms with Gasteiger partial charge in [-0.2, -0.15) is 0 Å². The zero-order valence-corrected chi connectivity index (χ0v) is 18.8. The van der Waals surface area contributed by atoms with E-state index in [-0.39, 0.29) is 0 Å². The second-order valence-corrected chi connectivity index (χ2v) is 8.31. The van der Waals surface area contributed by atoms with Gasteiger partial charge in [-0.15, -0.1) is 0 Å². The van der Waals surface area contributed by atoms with E-state index in [4.69, 9.17) is 16.6 Å². The lowest BCUT2D eigenvalue weighted by molar-refractivity contribution is 0.575. The molecule has 6 nitrogen and oxygen atoms in total. The molecular weight excluding hydrogens is 408 g/mol. The number of amidine groups is 1. The average molecular weight is 433 g/mol. The number of rotatable bonds is 5. The van der Waals surface area contributed by atoms with E-state index in [2.05, 4.69) is 57.2 Å². The maximum Gasteiger partial charge on any atom is 0.143 e. The third-order valence-corrected chi connectivity index (χ3v) is 5.14. The molecule has 0 radical (unpaired) electrons. The quantitative estimate of drug-likeness (QED) is 0.288. The molecule has 0 spiro atoms. The Morgan fingerprint density at radius 1 is 1.06 bits per heavy atom. The topological polar surface area (TPSA) is 69.2 Å². The fourth-order valence-electron chi connectivity index (χ4n) is 3.49. The highest BCUT2D eigenvalue weighted by molar-refractivity contribution is 6.30. The van der Waals surface area contributed by atoms with Crippen LogP contribution in [0, 0.1) is 5.92 Å². The number of fused-ring (bicyclic) bond motifs is 1. The summed E-state index contributed by atoms with van der Waals surface area (Å²) in [4.78, 5) is 19.0. The standard InChI is InChI=1S/C24H25ClN6/c1-15(2)24(31(3)4)29-18-10-8-16(9-11-18)21-13-20-22(26-14-27-23(20)30-21)28-19-7-5-6-17(25)12-19/h5-15H,1-4H3,(H2,26,27,28,30)/b29-24+. The Kier molecular flexibility index (Phi) is 5.91. The zero-order valence-electron chi connectivity index (χ0n) is 18.0. The van der Waals surface area contributed by atoms with Crippen molar-refractivity contribution in [2.75, 3.05) is 19.4 Å². The molecule has 0 saturated heterocycles. The van der Waals surface area contributed by atoms with Crippen LogP contribution < -0.4 is 5.32 Å². The Labute approximate surface area is 187 Å². The summed E-state index contributed by atoms with van der Waals surface area (Å²) in [6.07, 6.45) is 1.54. The molecule has 0 aliphatic heterocycles. The first-order valence-electron chi connectivity index (χ1n) is 10.1. The second-order valence-electron chi connectivity index (χ2n) is 7.87. The number of aliphatic imine (C=N–C) groups is 1. The molecule has 2 aromatic heterocycles. The molecular formula is C24H25ClN6. The summed E-state index contributed by atoms with van der Waals surface area (Å²) in [6.45, 7) is 4.29. The molecule has 7 heteroatoms. The summed E-state index contributed by atoms with van der Waals surface area (Å²) in [5, 5.41) is 4.91. The molecule has 2 heterocycles. The number of aromatic amines is 1. The van der Waals surface area contributed by atoms with E-state index in [9.17, 15) is 0 Å². The number of hydrogen-bond donors (Lipinski definition) is 2. The number of H-pyrrole nitrogens is 1. The molecule has 0 unspecified atom stereocenters. The highest BCUT2D eigenvalue weighted by Crippen LogP contribution is 2.30. The summed E-state index contributed by atoms with van der Waals surface area (Å²) in [6, 6.07) is 17.8. The van der Waals surface area contributed by atoms with Gasteiger partial charge in [-0.1, -0.05) is 43.6 Å². The molecule has 4 rings (SSSR count). The molecule has 0 amide bonds. The van der Waals surface area contributed by atoms with Crippen LogP contribution in [0.25, 0.3) is 22.3 Å².